The van der Waals surface area contributed by atoms with Crippen LogP contribution in [0.4, 0.5) is 17.1 Å². The van der Waals surface area contributed by atoms with E-state index in [1.54, 1.807) is 6.08 Å². The molecule has 0 saturated heterocycles. The molecule has 0 saturated carbocycles. The number of nitriles is 2. The summed E-state index contributed by atoms with van der Waals surface area (Å²) in [5, 5.41) is 19.0. The zero-order valence-corrected chi connectivity index (χ0v) is 15.5. The molecule has 2 aromatic carbocycles. The van der Waals surface area contributed by atoms with Crippen LogP contribution in [0.2, 0.25) is 10.0 Å². The van der Waals surface area contributed by atoms with Crippen LogP contribution in [-0.4, -0.2) is 6.54 Å². The number of nitrogens with zero attached hydrogens (tertiary/aromatic N) is 4. The highest BCUT2D eigenvalue weighted by Gasteiger charge is 2.32. The minimum absolute atomic E-state index is 0.0357. The second-order valence-electron chi connectivity index (χ2n) is 5.50. The van der Waals surface area contributed by atoms with Gasteiger partial charge in [0.25, 0.3) is 0 Å². The van der Waals surface area contributed by atoms with Gasteiger partial charge in [-0.2, -0.15) is 10.5 Å². The Kier molecular flexibility index (Phi) is 5.19. The van der Waals surface area contributed by atoms with Crippen LogP contribution in [0, 0.1) is 22.7 Å². The fourth-order valence-corrected chi connectivity index (χ4v) is 3.21. The molecule has 0 amide bonds. The summed E-state index contributed by atoms with van der Waals surface area (Å²) in [4.78, 5) is 4.09. The molecule has 2 aromatic rings. The van der Waals surface area contributed by atoms with Gasteiger partial charge in [0.1, 0.15) is 23.5 Å². The molecule has 128 valence electrons. The zero-order chi connectivity index (χ0) is 18.7. The maximum Gasteiger partial charge on any atom is 0.129 e. The zero-order valence-electron chi connectivity index (χ0n) is 13.9. The fourth-order valence-electron chi connectivity index (χ4n) is 2.89. The summed E-state index contributed by atoms with van der Waals surface area (Å²) in [5.41, 5.74) is 2.79. The summed E-state index contributed by atoms with van der Waals surface area (Å²) in [6.45, 7) is 2.70. The Morgan fingerprint density at radius 2 is 1.65 bits per heavy atom. The third-order valence-corrected chi connectivity index (χ3v) is 4.75. The van der Waals surface area contributed by atoms with Crippen molar-refractivity contribution in [2.75, 3.05) is 16.3 Å². The van der Waals surface area contributed by atoms with E-state index in [9.17, 15) is 0 Å². The fraction of sp³-hybridized carbons (Fsp3) is 0.100. The van der Waals surface area contributed by atoms with Gasteiger partial charge in [0.05, 0.1) is 21.4 Å². The summed E-state index contributed by atoms with van der Waals surface area (Å²) >= 11 is 12.5. The predicted molar refractivity (Wildman–Crippen MR) is 105 cm³/mol. The summed E-state index contributed by atoms with van der Waals surface area (Å²) in [6, 6.07) is 17.2. The Balaban J connectivity index is 2.25. The van der Waals surface area contributed by atoms with Crippen molar-refractivity contribution in [3.8, 4) is 12.1 Å². The third kappa shape index (κ3) is 3.13. The molecule has 1 heterocycles. The van der Waals surface area contributed by atoms with Crippen LogP contribution in [0.1, 0.15) is 6.92 Å². The van der Waals surface area contributed by atoms with Gasteiger partial charge in [0.15, 0.2) is 0 Å². The molecule has 1 aliphatic rings. The van der Waals surface area contributed by atoms with Gasteiger partial charge >= 0.3 is 0 Å². The van der Waals surface area contributed by atoms with Gasteiger partial charge in [-0.1, -0.05) is 41.4 Å². The van der Waals surface area contributed by atoms with Crippen molar-refractivity contribution in [2.24, 2.45) is 0 Å². The molecule has 1 aliphatic heterocycles. The van der Waals surface area contributed by atoms with Crippen molar-refractivity contribution >= 4 is 40.3 Å². The lowest BCUT2D eigenvalue weighted by molar-refractivity contribution is 0.962. The summed E-state index contributed by atoms with van der Waals surface area (Å²) < 4.78 is 0. The molecule has 4 nitrogen and oxygen atoms in total. The van der Waals surface area contributed by atoms with Gasteiger partial charge in [-0.3, -0.25) is 4.90 Å². The van der Waals surface area contributed by atoms with Crippen LogP contribution in [-0.2, 0) is 0 Å². The summed E-state index contributed by atoms with van der Waals surface area (Å²) in [6.07, 6.45) is 3.28. The number of anilines is 3. The van der Waals surface area contributed by atoms with E-state index < -0.39 is 0 Å². The van der Waals surface area contributed by atoms with Crippen molar-refractivity contribution in [3.63, 3.8) is 0 Å². The Morgan fingerprint density at radius 1 is 1.04 bits per heavy atom. The highest BCUT2D eigenvalue weighted by atomic mass is 35.5. The average Bonchev–Trinajstić information content (AvgIpc) is 2.96. The van der Waals surface area contributed by atoms with E-state index in [1.807, 2.05) is 66.4 Å². The number of hydrogen-bond donors (Lipinski definition) is 0. The maximum absolute atomic E-state index is 9.02. The second kappa shape index (κ2) is 7.54. The molecule has 0 atom stereocenters. The van der Waals surface area contributed by atoms with Crippen molar-refractivity contribution < 1.29 is 0 Å². The lowest BCUT2D eigenvalue weighted by Gasteiger charge is -2.24. The van der Waals surface area contributed by atoms with Crippen LogP contribution in [0.5, 0.6) is 0 Å². The first-order valence-electron chi connectivity index (χ1n) is 7.94. The SMILES string of the molecule is CCN1/C(=C/C=C(C#N)C#N)N(c2ccccc2)c2cc(Cl)c(Cl)cc21. The molecule has 6 heteroatoms. The Hall–Kier alpha value is -2.92. The summed E-state index contributed by atoms with van der Waals surface area (Å²) in [7, 11) is 0. The van der Waals surface area contributed by atoms with E-state index in [4.69, 9.17) is 33.7 Å². The second-order valence-corrected chi connectivity index (χ2v) is 6.31. The van der Waals surface area contributed by atoms with E-state index >= 15 is 0 Å². The first-order valence-corrected chi connectivity index (χ1v) is 8.70. The highest BCUT2D eigenvalue weighted by molar-refractivity contribution is 6.42. The molecule has 0 spiro atoms. The van der Waals surface area contributed by atoms with Crippen LogP contribution < -0.4 is 9.80 Å². The molecule has 0 bridgehead atoms. The minimum atomic E-state index is 0.0357. The van der Waals surface area contributed by atoms with Crippen molar-refractivity contribution in [2.45, 2.75) is 6.92 Å². The topological polar surface area (TPSA) is 54.1 Å². The number of halogens is 2. The van der Waals surface area contributed by atoms with Gasteiger partial charge in [0.2, 0.25) is 0 Å². The van der Waals surface area contributed by atoms with E-state index in [0.29, 0.717) is 16.6 Å². The smallest absolute Gasteiger partial charge is 0.129 e. The average molecular weight is 381 g/mol. The Bertz CT molecular complexity index is 965. The highest BCUT2D eigenvalue weighted by Crippen LogP contribution is 2.48. The standard InChI is InChI=1S/C20H14Cl2N4/c1-2-25-18-10-16(21)17(22)11-19(18)26(15-6-4-3-5-7-15)20(25)9-8-14(12-23)13-24/h3-11H,2H2,1H3/b20-9-. The van der Waals surface area contributed by atoms with Gasteiger partial charge in [-0.15, -0.1) is 0 Å². The van der Waals surface area contributed by atoms with Crippen molar-refractivity contribution in [1.29, 1.82) is 10.5 Å². The lowest BCUT2D eigenvalue weighted by Crippen LogP contribution is -2.25. The monoisotopic (exact) mass is 380 g/mol. The van der Waals surface area contributed by atoms with Crippen molar-refractivity contribution in [1.82, 2.24) is 0 Å². The van der Waals surface area contributed by atoms with Gasteiger partial charge in [-0.05, 0) is 43.3 Å². The van der Waals surface area contributed by atoms with Crippen molar-refractivity contribution in [3.05, 3.63) is 76.1 Å². The molecule has 26 heavy (non-hydrogen) atoms. The Morgan fingerprint density at radius 3 is 2.23 bits per heavy atom. The van der Waals surface area contributed by atoms with Crippen LogP contribution in [0.3, 0.4) is 0 Å². The van der Waals surface area contributed by atoms with E-state index in [2.05, 4.69) is 4.90 Å². The predicted octanol–water partition coefficient (Wildman–Crippen LogP) is 5.79. The van der Waals surface area contributed by atoms with E-state index in [0.717, 1.165) is 22.9 Å². The molecule has 3 rings (SSSR count). The molecule has 0 aromatic heterocycles. The number of rotatable bonds is 3. The third-order valence-electron chi connectivity index (χ3n) is 4.03. The normalized spacial score (nSPS) is 14.0. The molecule has 0 unspecified atom stereocenters. The van der Waals surface area contributed by atoms with E-state index in [-0.39, 0.29) is 5.57 Å². The van der Waals surface area contributed by atoms with Crippen LogP contribution in [0.25, 0.3) is 0 Å². The lowest BCUT2D eigenvalue weighted by atomic mass is 10.2. The van der Waals surface area contributed by atoms with Crippen LogP contribution in [0.15, 0.2) is 66.0 Å². The van der Waals surface area contributed by atoms with E-state index in [1.165, 1.54) is 6.08 Å². The molecule has 0 radical (unpaired) electrons. The summed E-state index contributed by atoms with van der Waals surface area (Å²) in [5.74, 6) is 0.815. The minimum Gasteiger partial charge on any atom is -0.326 e. The molecule has 0 aliphatic carbocycles. The molecular formula is C20H14Cl2N4. The number of allylic oxidation sites excluding steroid dienone is 3. The number of para-hydroxylation sites is 1. The maximum atomic E-state index is 9.02. The molecule has 0 fully saturated rings. The molecular weight excluding hydrogens is 367 g/mol. The van der Waals surface area contributed by atoms with Gasteiger partial charge in [-0.25, -0.2) is 0 Å². The first kappa shape index (κ1) is 17.9. The quantitative estimate of drug-likeness (QED) is 0.632. The van der Waals surface area contributed by atoms with Crippen LogP contribution >= 0.6 is 23.2 Å². The van der Waals surface area contributed by atoms with Gasteiger partial charge < -0.3 is 4.90 Å². The number of benzene rings is 2. The first-order chi connectivity index (χ1) is 12.6. The number of hydrogen-bond acceptors (Lipinski definition) is 4. The number of fused-ring (bicyclic) bond motifs is 1. The molecule has 0 N–H and O–H groups in total. The van der Waals surface area contributed by atoms with Gasteiger partial charge in [0, 0.05) is 12.2 Å². The largest absolute Gasteiger partial charge is 0.326 e. The Labute approximate surface area is 162 Å².